The molecule has 2 aromatic carbocycles. The third-order valence-electron chi connectivity index (χ3n) is 6.01. The lowest BCUT2D eigenvalue weighted by Crippen LogP contribution is -2.29. The van der Waals surface area contributed by atoms with Crippen molar-refractivity contribution in [1.29, 1.82) is 0 Å². The first-order chi connectivity index (χ1) is 16.5. The third-order valence-corrected chi connectivity index (χ3v) is 6.01. The molecule has 0 spiro atoms. The molecule has 0 unspecified atom stereocenters. The van der Waals surface area contributed by atoms with Crippen LogP contribution in [-0.2, 0) is 9.53 Å². The van der Waals surface area contributed by atoms with Gasteiger partial charge in [-0.05, 0) is 78.6 Å². The molecule has 5 heteroatoms. The Hall–Kier alpha value is -2.79. The van der Waals surface area contributed by atoms with Gasteiger partial charge in [0.1, 0.15) is 12.4 Å². The Morgan fingerprint density at radius 2 is 1.79 bits per heavy atom. The summed E-state index contributed by atoms with van der Waals surface area (Å²) >= 11 is 0. The van der Waals surface area contributed by atoms with Gasteiger partial charge in [0.2, 0.25) is 0 Å². The molecule has 0 atom stereocenters. The number of unbranched alkanes of at least 4 members (excludes halogenated alkanes) is 1. The Morgan fingerprint density at radius 1 is 1.03 bits per heavy atom. The number of anilines is 1. The first kappa shape index (κ1) is 25.8. The molecule has 0 fully saturated rings. The van der Waals surface area contributed by atoms with Crippen LogP contribution in [0.2, 0.25) is 0 Å². The van der Waals surface area contributed by atoms with E-state index in [-0.39, 0.29) is 0 Å². The molecule has 1 aliphatic rings. The molecule has 1 aliphatic heterocycles. The van der Waals surface area contributed by atoms with Crippen LogP contribution in [0, 0.1) is 5.92 Å². The van der Waals surface area contributed by atoms with E-state index in [1.165, 1.54) is 0 Å². The minimum atomic E-state index is -0.825. The zero-order valence-electron chi connectivity index (χ0n) is 20.9. The number of carboxylic acids is 1. The molecule has 184 valence electrons. The maximum absolute atomic E-state index is 11.8. The molecule has 5 nitrogen and oxygen atoms in total. The van der Waals surface area contributed by atoms with Gasteiger partial charge in [0.05, 0.1) is 6.61 Å². The zero-order valence-corrected chi connectivity index (χ0v) is 20.9. The highest BCUT2D eigenvalue weighted by atomic mass is 16.5. The van der Waals surface area contributed by atoms with Crippen LogP contribution in [0.15, 0.2) is 48.0 Å². The summed E-state index contributed by atoms with van der Waals surface area (Å²) in [6.45, 7) is 10.4. The van der Waals surface area contributed by atoms with Crippen LogP contribution in [0.5, 0.6) is 5.75 Å². The second-order valence-corrected chi connectivity index (χ2v) is 9.38. The fourth-order valence-electron chi connectivity index (χ4n) is 4.25. The summed E-state index contributed by atoms with van der Waals surface area (Å²) in [7, 11) is 0. The van der Waals surface area contributed by atoms with Crippen LogP contribution < -0.4 is 9.64 Å². The SMILES string of the molecule is CCCCOCCOc1ccc(-c2ccc3c(c2)/C=C(\C(=O)O)CCCCN3CC(C)C)cc1. The van der Waals surface area contributed by atoms with Gasteiger partial charge in [-0.25, -0.2) is 4.79 Å². The largest absolute Gasteiger partial charge is 0.491 e. The summed E-state index contributed by atoms with van der Waals surface area (Å²) in [5.74, 6) is 0.524. The first-order valence-electron chi connectivity index (χ1n) is 12.6. The number of benzene rings is 2. The summed E-state index contributed by atoms with van der Waals surface area (Å²) in [5, 5.41) is 9.73. The number of ether oxygens (including phenoxy) is 2. The van der Waals surface area contributed by atoms with Gasteiger partial charge in [0.25, 0.3) is 0 Å². The maximum Gasteiger partial charge on any atom is 0.331 e. The Kier molecular flexibility index (Phi) is 10.0. The van der Waals surface area contributed by atoms with Crippen molar-refractivity contribution in [2.75, 3.05) is 37.8 Å². The van der Waals surface area contributed by atoms with Crippen molar-refractivity contribution in [2.24, 2.45) is 5.92 Å². The third kappa shape index (κ3) is 7.63. The number of rotatable bonds is 11. The fraction of sp³-hybridized carbons (Fsp3) is 0.483. The van der Waals surface area contributed by atoms with Crippen LogP contribution in [0.25, 0.3) is 17.2 Å². The second kappa shape index (κ2) is 13.2. The number of nitrogens with zero attached hydrogens (tertiary/aromatic N) is 1. The van der Waals surface area contributed by atoms with E-state index in [2.05, 4.69) is 56.0 Å². The van der Waals surface area contributed by atoms with Gasteiger partial charge in [0, 0.05) is 31.0 Å². The van der Waals surface area contributed by atoms with Crippen LogP contribution >= 0.6 is 0 Å². The van der Waals surface area contributed by atoms with E-state index >= 15 is 0 Å². The van der Waals surface area contributed by atoms with Crippen LogP contribution in [0.3, 0.4) is 0 Å². The van der Waals surface area contributed by atoms with E-state index in [1.54, 1.807) is 0 Å². The molecule has 0 aliphatic carbocycles. The molecule has 0 aromatic heterocycles. The number of carbonyl (C=O) groups is 1. The standard InChI is InChI=1S/C29H39NO4/c1-4-5-16-33-17-18-34-27-12-9-23(10-13-27)24-11-14-28-26(19-24)20-25(29(31)32)8-6-7-15-30(28)21-22(2)3/h9-14,19-20,22H,4-8,15-18,21H2,1-3H3,(H,31,32)/b25-20-. The van der Waals surface area contributed by atoms with E-state index in [4.69, 9.17) is 9.47 Å². The Bertz CT molecular complexity index is 949. The average molecular weight is 466 g/mol. The molecular formula is C29H39NO4. The van der Waals surface area contributed by atoms with Crippen molar-refractivity contribution in [3.8, 4) is 16.9 Å². The van der Waals surface area contributed by atoms with Gasteiger partial charge in [-0.2, -0.15) is 0 Å². The van der Waals surface area contributed by atoms with Crippen molar-refractivity contribution in [3.05, 3.63) is 53.6 Å². The Morgan fingerprint density at radius 3 is 2.50 bits per heavy atom. The summed E-state index contributed by atoms with van der Waals surface area (Å²) in [5.41, 5.74) is 4.71. The molecule has 0 bridgehead atoms. The summed E-state index contributed by atoms with van der Waals surface area (Å²) < 4.78 is 11.3. The van der Waals surface area contributed by atoms with Crippen molar-refractivity contribution in [1.82, 2.24) is 0 Å². The van der Waals surface area contributed by atoms with Crippen LogP contribution in [0.4, 0.5) is 5.69 Å². The summed E-state index contributed by atoms with van der Waals surface area (Å²) in [6.07, 6.45) is 6.56. The second-order valence-electron chi connectivity index (χ2n) is 9.38. The molecule has 3 rings (SSSR count). The summed E-state index contributed by atoms with van der Waals surface area (Å²) in [6, 6.07) is 14.5. The zero-order chi connectivity index (χ0) is 24.3. The van der Waals surface area contributed by atoms with Crippen molar-refractivity contribution in [3.63, 3.8) is 0 Å². The number of carboxylic acid groups (broad SMARTS) is 1. The quantitative estimate of drug-likeness (QED) is 0.376. The number of fused-ring (bicyclic) bond motifs is 1. The fourth-order valence-corrected chi connectivity index (χ4v) is 4.25. The Balaban J connectivity index is 1.80. The van der Waals surface area contributed by atoms with E-state index in [1.807, 2.05) is 18.2 Å². The highest BCUT2D eigenvalue weighted by Gasteiger charge is 2.17. The van der Waals surface area contributed by atoms with E-state index in [0.29, 0.717) is 31.1 Å². The lowest BCUT2D eigenvalue weighted by atomic mass is 9.99. The van der Waals surface area contributed by atoms with E-state index in [9.17, 15) is 9.90 Å². The molecule has 0 amide bonds. The van der Waals surface area contributed by atoms with Gasteiger partial charge in [-0.1, -0.05) is 45.4 Å². The van der Waals surface area contributed by atoms with Gasteiger partial charge in [0.15, 0.2) is 0 Å². The first-order valence-corrected chi connectivity index (χ1v) is 12.6. The van der Waals surface area contributed by atoms with Gasteiger partial charge < -0.3 is 19.5 Å². The van der Waals surface area contributed by atoms with E-state index < -0.39 is 5.97 Å². The average Bonchev–Trinajstić information content (AvgIpc) is 2.90. The minimum absolute atomic E-state index is 0.481. The molecule has 0 saturated carbocycles. The molecular weight excluding hydrogens is 426 g/mol. The molecule has 1 heterocycles. The number of hydrogen-bond donors (Lipinski definition) is 1. The van der Waals surface area contributed by atoms with Crippen LogP contribution in [0.1, 0.15) is 58.4 Å². The lowest BCUT2D eigenvalue weighted by Gasteiger charge is -2.28. The van der Waals surface area contributed by atoms with Crippen molar-refractivity contribution in [2.45, 2.75) is 52.9 Å². The monoisotopic (exact) mass is 465 g/mol. The normalized spacial score (nSPS) is 15.6. The number of hydrogen-bond acceptors (Lipinski definition) is 4. The molecule has 0 saturated heterocycles. The molecule has 34 heavy (non-hydrogen) atoms. The highest BCUT2D eigenvalue weighted by Crippen LogP contribution is 2.32. The predicted molar refractivity (Wildman–Crippen MR) is 140 cm³/mol. The molecule has 2 aromatic rings. The van der Waals surface area contributed by atoms with Crippen molar-refractivity contribution < 1.29 is 19.4 Å². The predicted octanol–water partition coefficient (Wildman–Crippen LogP) is 6.66. The topological polar surface area (TPSA) is 59.0 Å². The van der Waals surface area contributed by atoms with Gasteiger partial charge in [-0.3, -0.25) is 0 Å². The highest BCUT2D eigenvalue weighted by molar-refractivity contribution is 5.94. The van der Waals surface area contributed by atoms with Crippen molar-refractivity contribution >= 4 is 17.7 Å². The number of aliphatic carboxylic acids is 1. The van der Waals surface area contributed by atoms with Gasteiger partial charge >= 0.3 is 5.97 Å². The van der Waals surface area contributed by atoms with Gasteiger partial charge in [-0.15, -0.1) is 0 Å². The lowest BCUT2D eigenvalue weighted by molar-refractivity contribution is -0.132. The summed E-state index contributed by atoms with van der Waals surface area (Å²) in [4.78, 5) is 14.3. The Labute approximate surface area is 204 Å². The van der Waals surface area contributed by atoms with Crippen LogP contribution in [-0.4, -0.2) is 44.0 Å². The minimum Gasteiger partial charge on any atom is -0.491 e. The van der Waals surface area contributed by atoms with E-state index in [0.717, 1.165) is 73.5 Å². The smallest absolute Gasteiger partial charge is 0.331 e. The molecule has 0 radical (unpaired) electrons. The maximum atomic E-state index is 11.8. The molecule has 1 N–H and O–H groups in total.